The van der Waals surface area contributed by atoms with Crippen LogP contribution in [0.1, 0.15) is 0 Å². The first-order valence-corrected chi connectivity index (χ1v) is 6.37. The van der Waals surface area contributed by atoms with Crippen LogP contribution in [0.4, 0.5) is 5.69 Å². The molecular weight excluding hydrogens is 275 g/mol. The fourth-order valence-electron chi connectivity index (χ4n) is 1.95. The molecule has 18 heavy (non-hydrogen) atoms. The number of anilines is 1. The Morgan fingerprint density at radius 3 is 2.50 bits per heavy atom. The zero-order valence-electron chi connectivity index (χ0n) is 10.8. The van der Waals surface area contributed by atoms with E-state index in [1.165, 1.54) is 5.69 Å². The van der Waals surface area contributed by atoms with E-state index in [0.717, 1.165) is 31.9 Å². The van der Waals surface area contributed by atoms with Gasteiger partial charge in [0.25, 0.3) is 0 Å². The van der Waals surface area contributed by atoms with Gasteiger partial charge < -0.3 is 39.4 Å². The molecule has 0 aliphatic carbocycles. The largest absolute Gasteiger partial charge is 1.00 e. The van der Waals surface area contributed by atoms with Gasteiger partial charge in [0.05, 0.1) is 7.11 Å². The quantitative estimate of drug-likeness (QED) is 0.379. The van der Waals surface area contributed by atoms with E-state index in [4.69, 9.17) is 29.6 Å². The molecule has 1 saturated heterocycles. The van der Waals surface area contributed by atoms with Gasteiger partial charge in [0, 0.05) is 37.9 Å². The van der Waals surface area contributed by atoms with Gasteiger partial charge >= 0.3 is 29.6 Å². The standard InChI is InChI=1S/C12H16N2OS2.Na/c1-15-11-4-2-3-10(9-11)13-5-7-14(8-6-13)12(16)17;/h2-4,9H,5-8H2,1H3,(H,16,17);/q;+1/p-1. The van der Waals surface area contributed by atoms with Gasteiger partial charge in [0.2, 0.25) is 0 Å². The maximum absolute atomic E-state index is 5.23. The van der Waals surface area contributed by atoms with Crippen molar-refractivity contribution in [1.29, 1.82) is 0 Å². The minimum Gasteiger partial charge on any atom is -0.497 e. The summed E-state index contributed by atoms with van der Waals surface area (Å²) in [6, 6.07) is 8.13. The molecule has 0 radical (unpaired) electrons. The van der Waals surface area contributed by atoms with Crippen LogP contribution in [-0.4, -0.2) is 42.5 Å². The average molecular weight is 290 g/mol. The van der Waals surface area contributed by atoms with Crippen LogP contribution in [0.2, 0.25) is 0 Å². The minimum atomic E-state index is 0. The van der Waals surface area contributed by atoms with Crippen molar-refractivity contribution in [2.45, 2.75) is 0 Å². The van der Waals surface area contributed by atoms with Gasteiger partial charge in [-0.3, -0.25) is 0 Å². The molecule has 0 bridgehead atoms. The number of piperazine rings is 1. The number of methoxy groups -OCH3 is 1. The van der Waals surface area contributed by atoms with Crippen LogP contribution in [0, 0.1) is 0 Å². The smallest absolute Gasteiger partial charge is 0.497 e. The zero-order chi connectivity index (χ0) is 12.3. The second-order valence-electron chi connectivity index (χ2n) is 3.94. The van der Waals surface area contributed by atoms with Crippen LogP contribution in [0.15, 0.2) is 24.3 Å². The van der Waals surface area contributed by atoms with Crippen LogP contribution < -0.4 is 39.2 Å². The van der Waals surface area contributed by atoms with E-state index in [2.05, 4.69) is 21.9 Å². The van der Waals surface area contributed by atoms with Gasteiger partial charge in [0.1, 0.15) is 5.75 Å². The van der Waals surface area contributed by atoms with Crippen molar-refractivity contribution < 1.29 is 34.3 Å². The third kappa shape index (κ3) is 3.96. The van der Waals surface area contributed by atoms with E-state index in [0.29, 0.717) is 4.32 Å². The van der Waals surface area contributed by atoms with Crippen molar-refractivity contribution in [2.75, 3.05) is 38.2 Å². The summed E-state index contributed by atoms with van der Waals surface area (Å²) in [6.07, 6.45) is 0. The number of hydrogen-bond donors (Lipinski definition) is 0. The van der Waals surface area contributed by atoms with Crippen LogP contribution in [-0.2, 0) is 12.6 Å². The average Bonchev–Trinajstić information content (AvgIpc) is 2.39. The van der Waals surface area contributed by atoms with E-state index in [9.17, 15) is 0 Å². The van der Waals surface area contributed by atoms with E-state index in [-0.39, 0.29) is 29.6 Å². The fourth-order valence-corrected chi connectivity index (χ4v) is 2.32. The SMILES string of the molecule is COc1cccc(N2CCN(C(=S)[S-])CC2)c1.[Na+]. The maximum Gasteiger partial charge on any atom is 1.00 e. The number of benzene rings is 1. The summed E-state index contributed by atoms with van der Waals surface area (Å²) in [4.78, 5) is 4.40. The summed E-state index contributed by atoms with van der Waals surface area (Å²) < 4.78 is 5.81. The van der Waals surface area contributed by atoms with E-state index in [1.807, 2.05) is 12.1 Å². The molecule has 0 aromatic heterocycles. The Morgan fingerprint density at radius 1 is 1.28 bits per heavy atom. The molecule has 1 aliphatic rings. The first-order chi connectivity index (χ1) is 8.20. The van der Waals surface area contributed by atoms with Crippen LogP contribution in [0.25, 0.3) is 0 Å². The molecule has 0 spiro atoms. The topological polar surface area (TPSA) is 15.7 Å². The van der Waals surface area contributed by atoms with Crippen LogP contribution >= 0.6 is 12.2 Å². The van der Waals surface area contributed by atoms with Crippen LogP contribution in [0.3, 0.4) is 0 Å². The Bertz CT molecular complexity index is 409. The molecule has 1 fully saturated rings. The summed E-state index contributed by atoms with van der Waals surface area (Å²) in [6.45, 7) is 3.70. The van der Waals surface area contributed by atoms with Crippen molar-refractivity contribution >= 4 is 34.9 Å². The Hall–Kier alpha value is -0.0700. The number of ether oxygens (including phenoxy) is 1. The first kappa shape index (κ1) is 16.0. The Morgan fingerprint density at radius 2 is 1.94 bits per heavy atom. The summed E-state index contributed by atoms with van der Waals surface area (Å²) in [5, 5.41) is 0. The molecule has 1 heterocycles. The summed E-state index contributed by atoms with van der Waals surface area (Å²) in [7, 11) is 1.69. The molecule has 6 heteroatoms. The second kappa shape index (κ2) is 7.50. The summed E-state index contributed by atoms with van der Waals surface area (Å²) in [5.74, 6) is 0.892. The minimum absolute atomic E-state index is 0. The van der Waals surface area contributed by atoms with Gasteiger partial charge in [-0.05, 0) is 12.1 Å². The zero-order valence-corrected chi connectivity index (χ0v) is 14.4. The van der Waals surface area contributed by atoms with Crippen molar-refractivity contribution in [2.24, 2.45) is 0 Å². The molecular formula is C12H15N2NaOS2. The van der Waals surface area contributed by atoms with E-state index in [1.54, 1.807) is 7.11 Å². The molecule has 0 unspecified atom stereocenters. The summed E-state index contributed by atoms with van der Waals surface area (Å²) >= 11 is 10.0. The predicted molar refractivity (Wildman–Crippen MR) is 76.7 cm³/mol. The number of thiocarbonyl (C=S) groups is 1. The van der Waals surface area contributed by atoms with Crippen molar-refractivity contribution in [3.63, 3.8) is 0 Å². The molecule has 2 rings (SSSR count). The Labute approximate surface area is 141 Å². The molecule has 1 aromatic rings. The van der Waals surface area contributed by atoms with Crippen molar-refractivity contribution in [1.82, 2.24) is 4.90 Å². The summed E-state index contributed by atoms with van der Waals surface area (Å²) in [5.41, 5.74) is 1.19. The van der Waals surface area contributed by atoms with Gasteiger partial charge in [-0.2, -0.15) is 0 Å². The molecule has 92 valence electrons. The number of hydrogen-bond acceptors (Lipinski definition) is 4. The molecule has 3 nitrogen and oxygen atoms in total. The fraction of sp³-hybridized carbons (Fsp3) is 0.417. The number of nitrogens with zero attached hydrogens (tertiary/aromatic N) is 2. The first-order valence-electron chi connectivity index (χ1n) is 5.55. The van der Waals surface area contributed by atoms with E-state index < -0.39 is 0 Å². The third-order valence-electron chi connectivity index (χ3n) is 2.96. The maximum atomic E-state index is 5.23. The van der Waals surface area contributed by atoms with Crippen molar-refractivity contribution in [3.05, 3.63) is 24.3 Å². The molecule has 1 aromatic carbocycles. The van der Waals surface area contributed by atoms with Gasteiger partial charge in [-0.15, -0.1) is 0 Å². The molecule has 0 saturated carbocycles. The third-order valence-corrected chi connectivity index (χ3v) is 3.47. The Kier molecular flexibility index (Phi) is 6.66. The molecule has 0 N–H and O–H groups in total. The van der Waals surface area contributed by atoms with Gasteiger partial charge in [-0.1, -0.05) is 10.4 Å². The molecule has 0 atom stereocenters. The number of rotatable bonds is 2. The second-order valence-corrected chi connectivity index (χ2v) is 4.97. The Balaban J connectivity index is 0.00000162. The molecule has 1 aliphatic heterocycles. The van der Waals surface area contributed by atoms with Gasteiger partial charge in [0.15, 0.2) is 0 Å². The van der Waals surface area contributed by atoms with Gasteiger partial charge in [-0.25, -0.2) is 0 Å². The predicted octanol–water partition coefficient (Wildman–Crippen LogP) is -1.35. The van der Waals surface area contributed by atoms with E-state index >= 15 is 0 Å². The van der Waals surface area contributed by atoms with Crippen LogP contribution in [0.5, 0.6) is 5.75 Å². The normalized spacial score (nSPS) is 14.9. The molecule has 0 amide bonds. The van der Waals surface area contributed by atoms with Crippen molar-refractivity contribution in [3.8, 4) is 5.75 Å². The monoisotopic (exact) mass is 290 g/mol.